The van der Waals surface area contributed by atoms with Gasteiger partial charge in [0.25, 0.3) is 0 Å². The molecule has 0 fully saturated rings. The van der Waals surface area contributed by atoms with Crippen molar-refractivity contribution in [1.82, 2.24) is 4.98 Å². The molecule has 32 heavy (non-hydrogen) atoms. The fourth-order valence-corrected chi connectivity index (χ4v) is 3.04. The Balaban J connectivity index is 1.91. The maximum Gasteiger partial charge on any atom is 0.573 e. The third-order valence-electron chi connectivity index (χ3n) is 4.70. The highest BCUT2D eigenvalue weighted by atomic mass is 19.4. The number of hydrogen-bond donors (Lipinski definition) is 2. The molecular weight excluding hydrogens is 445 g/mol. The number of hydrogen-bond acceptors (Lipinski definition) is 4. The standard InChI is InChI=1S/C21H15F7N2O2/c22-14-4-7-16(17(23)9-14)19(31,11-29)20(24,25)18-8-3-13(10-30-18)12-1-5-15(6-2-12)32-21(26,27)28/h1-10,31H,11,29H2/t19-/m1/s1. The van der Waals surface area contributed by atoms with Crippen LogP contribution in [0.15, 0.2) is 60.8 Å². The Morgan fingerprint density at radius 2 is 1.50 bits per heavy atom. The Hall–Kier alpha value is -3.18. The van der Waals surface area contributed by atoms with Gasteiger partial charge in [-0.05, 0) is 29.8 Å². The van der Waals surface area contributed by atoms with Crippen molar-refractivity contribution >= 4 is 0 Å². The average molecular weight is 460 g/mol. The van der Waals surface area contributed by atoms with Crippen molar-refractivity contribution in [3.63, 3.8) is 0 Å². The first-order valence-electron chi connectivity index (χ1n) is 8.96. The van der Waals surface area contributed by atoms with Crippen LogP contribution in [0.3, 0.4) is 0 Å². The highest BCUT2D eigenvalue weighted by molar-refractivity contribution is 5.63. The van der Waals surface area contributed by atoms with Gasteiger partial charge in [0.05, 0.1) is 0 Å². The van der Waals surface area contributed by atoms with Gasteiger partial charge in [0, 0.05) is 29.9 Å². The summed E-state index contributed by atoms with van der Waals surface area (Å²) >= 11 is 0. The van der Waals surface area contributed by atoms with Crippen LogP contribution in [0, 0.1) is 11.6 Å². The third kappa shape index (κ3) is 4.53. The normalized spacial score (nSPS) is 14.2. The van der Waals surface area contributed by atoms with Gasteiger partial charge in [0.15, 0.2) is 5.60 Å². The van der Waals surface area contributed by atoms with Crippen LogP contribution in [-0.2, 0) is 11.5 Å². The minimum absolute atomic E-state index is 0.271. The summed E-state index contributed by atoms with van der Waals surface area (Å²) in [6, 6.07) is 8.37. The molecule has 0 spiro atoms. The maximum absolute atomic E-state index is 15.1. The molecule has 0 saturated heterocycles. The van der Waals surface area contributed by atoms with Gasteiger partial charge in [-0.3, -0.25) is 4.98 Å². The van der Waals surface area contributed by atoms with Crippen molar-refractivity contribution in [2.24, 2.45) is 5.73 Å². The number of halogens is 7. The first kappa shape index (κ1) is 23.5. The summed E-state index contributed by atoms with van der Waals surface area (Å²) in [6.07, 6.45) is -3.86. The zero-order chi connectivity index (χ0) is 23.7. The average Bonchev–Trinajstić information content (AvgIpc) is 2.72. The van der Waals surface area contributed by atoms with E-state index in [1.807, 2.05) is 0 Å². The topological polar surface area (TPSA) is 68.4 Å². The SMILES string of the molecule is NC[C@@](O)(c1ccc(F)cc1F)C(F)(F)c1ccc(-c2ccc(OC(F)(F)F)cc2)cn1. The predicted molar refractivity (Wildman–Crippen MR) is 99.6 cm³/mol. The Labute approximate surface area is 177 Å². The van der Waals surface area contributed by atoms with Crippen molar-refractivity contribution in [2.45, 2.75) is 17.9 Å². The van der Waals surface area contributed by atoms with Crippen LogP contribution in [0.25, 0.3) is 11.1 Å². The van der Waals surface area contributed by atoms with Crippen molar-refractivity contribution in [1.29, 1.82) is 0 Å². The van der Waals surface area contributed by atoms with Crippen molar-refractivity contribution in [3.05, 3.63) is 83.7 Å². The first-order valence-corrected chi connectivity index (χ1v) is 8.96. The molecule has 0 aliphatic heterocycles. The molecule has 170 valence electrons. The third-order valence-corrected chi connectivity index (χ3v) is 4.70. The second-order valence-electron chi connectivity index (χ2n) is 6.77. The van der Waals surface area contributed by atoms with Gasteiger partial charge in [-0.1, -0.05) is 24.3 Å². The summed E-state index contributed by atoms with van der Waals surface area (Å²) in [7, 11) is 0. The fourth-order valence-electron chi connectivity index (χ4n) is 3.04. The zero-order valence-corrected chi connectivity index (χ0v) is 16.0. The minimum Gasteiger partial charge on any atom is -0.406 e. The van der Waals surface area contributed by atoms with Crippen molar-refractivity contribution < 1.29 is 40.6 Å². The molecule has 2 aromatic carbocycles. The molecule has 11 heteroatoms. The number of pyridine rings is 1. The number of rotatable bonds is 6. The largest absolute Gasteiger partial charge is 0.573 e. The van der Waals surface area contributed by atoms with Crippen LogP contribution in [-0.4, -0.2) is 23.0 Å². The van der Waals surface area contributed by atoms with Crippen LogP contribution < -0.4 is 10.5 Å². The molecule has 0 aliphatic carbocycles. The van der Waals surface area contributed by atoms with E-state index in [9.17, 15) is 27.1 Å². The van der Waals surface area contributed by atoms with E-state index >= 15 is 8.78 Å². The van der Waals surface area contributed by atoms with Crippen LogP contribution in [0.4, 0.5) is 30.7 Å². The maximum atomic E-state index is 15.1. The Bertz CT molecular complexity index is 1090. The lowest BCUT2D eigenvalue weighted by Gasteiger charge is -2.35. The van der Waals surface area contributed by atoms with Gasteiger partial charge in [-0.15, -0.1) is 13.2 Å². The van der Waals surface area contributed by atoms with E-state index in [1.165, 1.54) is 18.2 Å². The van der Waals surface area contributed by atoms with E-state index in [4.69, 9.17) is 5.73 Å². The van der Waals surface area contributed by atoms with Gasteiger partial charge in [-0.25, -0.2) is 8.78 Å². The lowest BCUT2D eigenvalue weighted by atomic mass is 9.84. The van der Waals surface area contributed by atoms with Crippen molar-refractivity contribution in [3.8, 4) is 16.9 Å². The van der Waals surface area contributed by atoms with Crippen molar-refractivity contribution in [2.75, 3.05) is 6.54 Å². The lowest BCUT2D eigenvalue weighted by molar-refractivity contribution is -0.274. The molecule has 0 radical (unpaired) electrons. The summed E-state index contributed by atoms with van der Waals surface area (Å²) in [6.45, 7) is -1.10. The molecule has 0 saturated carbocycles. The summed E-state index contributed by atoms with van der Waals surface area (Å²) in [5.74, 6) is -7.08. The molecule has 3 N–H and O–H groups in total. The van der Waals surface area contributed by atoms with E-state index in [0.29, 0.717) is 23.8 Å². The second-order valence-corrected chi connectivity index (χ2v) is 6.77. The summed E-state index contributed by atoms with van der Waals surface area (Å²) in [5.41, 5.74) is 0.876. The molecule has 1 heterocycles. The quantitative estimate of drug-likeness (QED) is 0.516. The predicted octanol–water partition coefficient (Wildman–Crippen LogP) is 4.86. The lowest BCUT2D eigenvalue weighted by Crippen LogP contribution is -2.50. The van der Waals surface area contributed by atoms with E-state index in [0.717, 1.165) is 24.4 Å². The molecule has 3 rings (SSSR count). The molecule has 0 amide bonds. The van der Waals surface area contributed by atoms with E-state index in [2.05, 4.69) is 9.72 Å². The van der Waals surface area contributed by atoms with Crippen LogP contribution >= 0.6 is 0 Å². The highest BCUT2D eigenvalue weighted by Gasteiger charge is 2.56. The van der Waals surface area contributed by atoms with Gasteiger partial charge in [-0.2, -0.15) is 8.78 Å². The van der Waals surface area contributed by atoms with Crippen LogP contribution in [0.1, 0.15) is 11.3 Å². The molecule has 0 bridgehead atoms. The molecule has 4 nitrogen and oxygen atoms in total. The number of aromatic nitrogens is 1. The first-order chi connectivity index (χ1) is 14.9. The van der Waals surface area contributed by atoms with Gasteiger partial charge in [0.1, 0.15) is 23.1 Å². The Morgan fingerprint density at radius 1 is 0.875 bits per heavy atom. The molecule has 1 aromatic heterocycles. The molecule has 1 atom stereocenters. The summed E-state index contributed by atoms with van der Waals surface area (Å²) < 4.78 is 98.0. The molecular formula is C21H15F7N2O2. The second kappa shape index (κ2) is 8.40. The fraction of sp³-hybridized carbons (Fsp3) is 0.190. The number of ether oxygens (including phenoxy) is 1. The summed E-state index contributed by atoms with van der Waals surface area (Å²) in [4.78, 5) is 3.62. The Kier molecular flexibility index (Phi) is 6.16. The van der Waals surface area contributed by atoms with Gasteiger partial charge in [0.2, 0.25) is 0 Å². The molecule has 0 unspecified atom stereocenters. The number of aliphatic hydroxyl groups is 1. The van der Waals surface area contributed by atoms with Gasteiger partial charge >= 0.3 is 12.3 Å². The van der Waals surface area contributed by atoms with E-state index < -0.39 is 53.1 Å². The van der Waals surface area contributed by atoms with Gasteiger partial charge < -0.3 is 15.6 Å². The number of nitrogens with zero attached hydrogens (tertiary/aromatic N) is 1. The number of nitrogens with two attached hydrogens (primary N) is 1. The summed E-state index contributed by atoms with van der Waals surface area (Å²) in [5, 5.41) is 10.6. The Morgan fingerprint density at radius 3 is 2.00 bits per heavy atom. The van der Waals surface area contributed by atoms with Crippen LogP contribution in [0.5, 0.6) is 5.75 Å². The molecule has 3 aromatic rings. The number of alkyl halides is 5. The van der Waals surface area contributed by atoms with E-state index in [1.54, 1.807) is 0 Å². The zero-order valence-electron chi connectivity index (χ0n) is 16.0. The van der Waals surface area contributed by atoms with Crippen LogP contribution in [0.2, 0.25) is 0 Å². The van der Waals surface area contributed by atoms with E-state index in [-0.39, 0.29) is 5.56 Å². The molecule has 0 aliphatic rings. The monoisotopic (exact) mass is 460 g/mol. The highest BCUT2D eigenvalue weighted by Crippen LogP contribution is 2.45. The minimum atomic E-state index is -4.86. The smallest absolute Gasteiger partial charge is 0.406 e. The number of benzene rings is 2.